The fraction of sp³-hybridized carbons (Fsp3) is 1.00. The average molecular weight is 173 g/mol. The molecule has 1 saturated heterocycles. The van der Waals surface area contributed by atoms with Crippen molar-refractivity contribution in [3.8, 4) is 0 Å². The Morgan fingerprint density at radius 1 is 1.50 bits per heavy atom. The van der Waals surface area contributed by atoms with E-state index < -0.39 is 0 Å². The average Bonchev–Trinajstić information content (AvgIpc) is 2.36. The summed E-state index contributed by atoms with van der Waals surface area (Å²) in [7, 11) is 0. The van der Waals surface area contributed by atoms with E-state index in [0.29, 0.717) is 6.10 Å². The molecule has 1 N–H and O–H groups in total. The molecule has 1 unspecified atom stereocenters. The second-order valence-electron chi connectivity index (χ2n) is 4.20. The highest BCUT2D eigenvalue weighted by atomic mass is 16.7. The van der Waals surface area contributed by atoms with Gasteiger partial charge in [-0.1, -0.05) is 0 Å². The van der Waals surface area contributed by atoms with Crippen LogP contribution in [0.5, 0.6) is 0 Å². The topological polar surface area (TPSA) is 30.5 Å². The van der Waals surface area contributed by atoms with Crippen LogP contribution in [0.4, 0.5) is 0 Å². The van der Waals surface area contributed by atoms with Crippen molar-refractivity contribution in [1.29, 1.82) is 0 Å². The highest BCUT2D eigenvalue weighted by Gasteiger charge is 2.16. The Hall–Kier alpha value is -0.120. The van der Waals surface area contributed by atoms with E-state index in [4.69, 9.17) is 9.57 Å². The Bertz CT molecular complexity index is 125. The standard InChI is InChI=1S/C9H19NO2/c1-9(2,3)12-10-7-8-5-4-6-11-8/h8,10H,4-7H2,1-3H3. The van der Waals surface area contributed by atoms with Crippen molar-refractivity contribution in [2.45, 2.75) is 45.3 Å². The summed E-state index contributed by atoms with van der Waals surface area (Å²) in [6, 6.07) is 0. The zero-order chi connectivity index (χ0) is 9.03. The third-order valence-electron chi connectivity index (χ3n) is 1.71. The van der Waals surface area contributed by atoms with Gasteiger partial charge >= 0.3 is 0 Å². The van der Waals surface area contributed by atoms with Gasteiger partial charge in [-0.3, -0.25) is 4.84 Å². The first kappa shape index (κ1) is 9.96. The molecule has 72 valence electrons. The lowest BCUT2D eigenvalue weighted by Gasteiger charge is -2.20. The largest absolute Gasteiger partial charge is 0.377 e. The Labute approximate surface area is 74.4 Å². The molecule has 0 bridgehead atoms. The first-order valence-electron chi connectivity index (χ1n) is 4.60. The second-order valence-corrected chi connectivity index (χ2v) is 4.20. The lowest BCUT2D eigenvalue weighted by Crippen LogP contribution is -2.34. The molecule has 1 atom stereocenters. The van der Waals surface area contributed by atoms with Gasteiger partial charge in [-0.25, -0.2) is 0 Å². The Balaban J connectivity index is 2.02. The van der Waals surface area contributed by atoms with Crippen LogP contribution < -0.4 is 5.48 Å². The molecule has 3 nitrogen and oxygen atoms in total. The Kier molecular flexibility index (Phi) is 3.50. The normalized spacial score (nSPS) is 24.8. The molecule has 0 aliphatic carbocycles. The molecule has 0 aromatic rings. The van der Waals surface area contributed by atoms with Crippen molar-refractivity contribution in [2.75, 3.05) is 13.2 Å². The van der Waals surface area contributed by atoms with Gasteiger partial charge in [0.25, 0.3) is 0 Å². The minimum absolute atomic E-state index is 0.112. The lowest BCUT2D eigenvalue weighted by atomic mass is 10.2. The van der Waals surface area contributed by atoms with E-state index in [2.05, 4.69) is 5.48 Å². The van der Waals surface area contributed by atoms with Gasteiger partial charge in [0.1, 0.15) is 0 Å². The fourth-order valence-corrected chi connectivity index (χ4v) is 1.16. The summed E-state index contributed by atoms with van der Waals surface area (Å²) >= 11 is 0. The summed E-state index contributed by atoms with van der Waals surface area (Å²) < 4.78 is 5.43. The Morgan fingerprint density at radius 3 is 2.75 bits per heavy atom. The molecular formula is C9H19NO2. The van der Waals surface area contributed by atoms with E-state index in [-0.39, 0.29) is 5.60 Å². The first-order valence-corrected chi connectivity index (χ1v) is 4.60. The van der Waals surface area contributed by atoms with E-state index in [1.165, 1.54) is 6.42 Å². The summed E-state index contributed by atoms with van der Waals surface area (Å²) in [4.78, 5) is 5.36. The second kappa shape index (κ2) is 4.21. The minimum Gasteiger partial charge on any atom is -0.377 e. The molecule has 0 saturated carbocycles. The molecule has 12 heavy (non-hydrogen) atoms. The summed E-state index contributed by atoms with van der Waals surface area (Å²) in [6.07, 6.45) is 2.69. The van der Waals surface area contributed by atoms with Crippen LogP contribution in [-0.4, -0.2) is 24.9 Å². The van der Waals surface area contributed by atoms with Crippen molar-refractivity contribution >= 4 is 0 Å². The van der Waals surface area contributed by atoms with Gasteiger partial charge in [0.05, 0.1) is 11.7 Å². The molecule has 0 aromatic heterocycles. The molecule has 1 aliphatic rings. The number of ether oxygens (including phenoxy) is 1. The molecule has 1 rings (SSSR count). The maximum absolute atomic E-state index is 5.43. The molecule has 3 heteroatoms. The monoisotopic (exact) mass is 173 g/mol. The smallest absolute Gasteiger partial charge is 0.0812 e. The van der Waals surface area contributed by atoms with Crippen molar-refractivity contribution in [1.82, 2.24) is 5.48 Å². The fourth-order valence-electron chi connectivity index (χ4n) is 1.16. The van der Waals surface area contributed by atoms with E-state index in [1.54, 1.807) is 0 Å². The predicted octanol–water partition coefficient (Wildman–Crippen LogP) is 1.49. The number of hydrogen-bond acceptors (Lipinski definition) is 3. The third-order valence-corrected chi connectivity index (χ3v) is 1.71. The first-order chi connectivity index (χ1) is 5.58. The molecule has 0 spiro atoms. The van der Waals surface area contributed by atoms with Gasteiger partial charge in [-0.05, 0) is 33.6 Å². The quantitative estimate of drug-likeness (QED) is 0.656. The van der Waals surface area contributed by atoms with Gasteiger partial charge in [-0.15, -0.1) is 0 Å². The van der Waals surface area contributed by atoms with Crippen LogP contribution >= 0.6 is 0 Å². The number of rotatable bonds is 3. The Morgan fingerprint density at radius 2 is 2.25 bits per heavy atom. The van der Waals surface area contributed by atoms with E-state index in [9.17, 15) is 0 Å². The highest BCUT2D eigenvalue weighted by Crippen LogP contribution is 2.11. The number of hydrogen-bond donors (Lipinski definition) is 1. The molecule has 0 radical (unpaired) electrons. The molecule has 0 aromatic carbocycles. The predicted molar refractivity (Wildman–Crippen MR) is 47.8 cm³/mol. The zero-order valence-corrected chi connectivity index (χ0v) is 8.22. The van der Waals surface area contributed by atoms with Crippen molar-refractivity contribution in [2.24, 2.45) is 0 Å². The number of nitrogens with one attached hydrogen (secondary N) is 1. The van der Waals surface area contributed by atoms with Crippen LogP contribution in [0.1, 0.15) is 33.6 Å². The highest BCUT2D eigenvalue weighted by molar-refractivity contribution is 4.66. The van der Waals surface area contributed by atoms with Crippen molar-refractivity contribution < 1.29 is 9.57 Å². The van der Waals surface area contributed by atoms with E-state index >= 15 is 0 Å². The summed E-state index contributed by atoms with van der Waals surface area (Å²) in [6.45, 7) is 7.78. The maximum Gasteiger partial charge on any atom is 0.0812 e. The molecule has 1 fully saturated rings. The summed E-state index contributed by atoms with van der Waals surface area (Å²) in [5.74, 6) is 0. The van der Waals surface area contributed by atoms with Crippen molar-refractivity contribution in [3.05, 3.63) is 0 Å². The van der Waals surface area contributed by atoms with Crippen LogP contribution in [0.25, 0.3) is 0 Å². The maximum atomic E-state index is 5.43. The van der Waals surface area contributed by atoms with Crippen LogP contribution in [0.15, 0.2) is 0 Å². The minimum atomic E-state index is -0.112. The van der Waals surface area contributed by atoms with Gasteiger partial charge in [0.2, 0.25) is 0 Å². The van der Waals surface area contributed by atoms with Crippen LogP contribution in [0, 0.1) is 0 Å². The molecule has 0 amide bonds. The third kappa shape index (κ3) is 4.04. The zero-order valence-electron chi connectivity index (χ0n) is 8.22. The van der Waals surface area contributed by atoms with E-state index in [1.807, 2.05) is 20.8 Å². The molecular weight excluding hydrogens is 154 g/mol. The molecule has 1 aliphatic heterocycles. The van der Waals surface area contributed by atoms with Gasteiger partial charge in [0, 0.05) is 13.2 Å². The lowest BCUT2D eigenvalue weighted by molar-refractivity contribution is -0.0846. The number of hydroxylamine groups is 1. The van der Waals surface area contributed by atoms with E-state index in [0.717, 1.165) is 19.6 Å². The molecule has 1 heterocycles. The summed E-state index contributed by atoms with van der Waals surface area (Å²) in [5, 5.41) is 0. The van der Waals surface area contributed by atoms with Gasteiger partial charge < -0.3 is 4.74 Å². The van der Waals surface area contributed by atoms with Gasteiger partial charge in [-0.2, -0.15) is 5.48 Å². The van der Waals surface area contributed by atoms with Crippen LogP contribution in [0.2, 0.25) is 0 Å². The van der Waals surface area contributed by atoms with Crippen molar-refractivity contribution in [3.63, 3.8) is 0 Å². The summed E-state index contributed by atoms with van der Waals surface area (Å²) in [5.41, 5.74) is 2.83. The van der Waals surface area contributed by atoms with Crippen LogP contribution in [-0.2, 0) is 9.57 Å². The SMILES string of the molecule is CC(C)(C)ONCC1CCCO1. The van der Waals surface area contributed by atoms with Crippen LogP contribution in [0.3, 0.4) is 0 Å². The van der Waals surface area contributed by atoms with Gasteiger partial charge in [0.15, 0.2) is 0 Å².